The number of alkyl halides is 5. The standard InChI is InChI=1S/C4Br2F6/c5-3(10,4(6,11)12)1(7)2(8)9. The first-order valence-electron chi connectivity index (χ1n) is 2.26. The number of hydrogen-bond donors (Lipinski definition) is 0. The van der Waals surface area contributed by atoms with Gasteiger partial charge >= 0.3 is 10.9 Å². The van der Waals surface area contributed by atoms with Crippen LogP contribution in [0.4, 0.5) is 26.3 Å². The van der Waals surface area contributed by atoms with E-state index in [2.05, 4.69) is 0 Å². The largest absolute Gasteiger partial charge is 0.351 e. The summed E-state index contributed by atoms with van der Waals surface area (Å²) < 4.78 is 66.9. The molecule has 0 saturated heterocycles. The highest BCUT2D eigenvalue weighted by atomic mass is 79.9. The molecule has 0 radical (unpaired) electrons. The van der Waals surface area contributed by atoms with Crippen LogP contribution in [0.15, 0.2) is 11.9 Å². The van der Waals surface area contributed by atoms with Gasteiger partial charge in [-0.15, -0.1) is 0 Å². The van der Waals surface area contributed by atoms with E-state index >= 15 is 0 Å². The Morgan fingerprint density at radius 3 is 1.33 bits per heavy atom. The van der Waals surface area contributed by atoms with E-state index in [-0.39, 0.29) is 0 Å². The van der Waals surface area contributed by atoms with Crippen molar-refractivity contribution in [2.45, 2.75) is 9.41 Å². The van der Waals surface area contributed by atoms with Gasteiger partial charge < -0.3 is 0 Å². The molecule has 72 valence electrons. The molecule has 0 aromatic rings. The van der Waals surface area contributed by atoms with Crippen molar-refractivity contribution in [3.8, 4) is 0 Å². The van der Waals surface area contributed by atoms with Crippen molar-refractivity contribution < 1.29 is 26.3 Å². The molecule has 0 amide bonds. The first kappa shape index (κ1) is 12.3. The molecule has 0 aromatic carbocycles. The SMILES string of the molecule is FC(F)=C(F)C(F)(Br)C(F)(F)Br. The highest BCUT2D eigenvalue weighted by Crippen LogP contribution is 2.49. The monoisotopic (exact) mass is 320 g/mol. The second-order valence-electron chi connectivity index (χ2n) is 1.65. The summed E-state index contributed by atoms with van der Waals surface area (Å²) in [7, 11) is 0. The Morgan fingerprint density at radius 2 is 1.25 bits per heavy atom. The zero-order valence-electron chi connectivity index (χ0n) is 5.02. The highest BCUT2D eigenvalue weighted by Gasteiger charge is 2.57. The van der Waals surface area contributed by atoms with E-state index in [1.165, 1.54) is 31.9 Å². The van der Waals surface area contributed by atoms with Crippen LogP contribution in [0.5, 0.6) is 0 Å². The molecule has 1 atom stereocenters. The van der Waals surface area contributed by atoms with E-state index in [0.29, 0.717) is 0 Å². The Hall–Kier alpha value is 0.280. The average molecular weight is 322 g/mol. The molecule has 0 aliphatic carbocycles. The van der Waals surface area contributed by atoms with Crippen molar-refractivity contribution in [3.05, 3.63) is 11.9 Å². The third-order valence-corrected chi connectivity index (χ3v) is 2.72. The Kier molecular flexibility index (Phi) is 3.65. The summed E-state index contributed by atoms with van der Waals surface area (Å²) >= 11 is 2.90. The molecule has 0 bridgehead atoms. The van der Waals surface area contributed by atoms with Crippen LogP contribution in [0.3, 0.4) is 0 Å². The van der Waals surface area contributed by atoms with E-state index < -0.39 is 21.3 Å². The minimum atomic E-state index is -4.45. The zero-order valence-corrected chi connectivity index (χ0v) is 8.20. The molecule has 0 aromatic heterocycles. The van der Waals surface area contributed by atoms with Crippen molar-refractivity contribution in [2.75, 3.05) is 0 Å². The molecule has 8 heteroatoms. The summed E-state index contributed by atoms with van der Waals surface area (Å²) in [6.07, 6.45) is -3.14. The van der Waals surface area contributed by atoms with Crippen LogP contribution in [0, 0.1) is 0 Å². The quantitative estimate of drug-likeness (QED) is 0.530. The van der Waals surface area contributed by atoms with Gasteiger partial charge in [0, 0.05) is 0 Å². The van der Waals surface area contributed by atoms with Crippen molar-refractivity contribution in [2.24, 2.45) is 0 Å². The molecule has 0 nitrogen and oxygen atoms in total. The summed E-state index contributed by atoms with van der Waals surface area (Å²) in [6.45, 7) is 0. The number of hydrogen-bond acceptors (Lipinski definition) is 0. The normalized spacial score (nSPS) is 17.0. The van der Waals surface area contributed by atoms with Crippen molar-refractivity contribution in [1.29, 1.82) is 0 Å². The minimum absolute atomic E-state index is 1.41. The Morgan fingerprint density at radius 1 is 0.917 bits per heavy atom. The van der Waals surface area contributed by atoms with Gasteiger partial charge in [-0.05, 0) is 31.9 Å². The number of rotatable bonds is 2. The summed E-state index contributed by atoms with van der Waals surface area (Å²) in [6, 6.07) is 0. The summed E-state index contributed by atoms with van der Waals surface area (Å²) in [4.78, 5) is -4.45. The van der Waals surface area contributed by atoms with Crippen LogP contribution >= 0.6 is 31.9 Å². The summed E-state index contributed by atoms with van der Waals surface area (Å²) in [5.74, 6) is -2.86. The maximum absolute atomic E-state index is 12.4. The molecule has 12 heavy (non-hydrogen) atoms. The van der Waals surface area contributed by atoms with Gasteiger partial charge in [0.2, 0.25) is 5.83 Å². The summed E-state index contributed by atoms with van der Waals surface area (Å²) in [5.41, 5.74) is 0. The van der Waals surface area contributed by atoms with Gasteiger partial charge in [0.15, 0.2) is 0 Å². The van der Waals surface area contributed by atoms with Crippen molar-refractivity contribution in [3.63, 3.8) is 0 Å². The lowest BCUT2D eigenvalue weighted by molar-refractivity contribution is 0.00984. The zero-order chi connectivity index (χ0) is 10.2. The second-order valence-corrected chi connectivity index (χ2v) is 3.74. The Bertz CT molecular complexity index is 200. The number of halogens is 8. The third kappa shape index (κ3) is 2.38. The number of allylic oxidation sites excluding steroid dienone is 1. The molecule has 0 rings (SSSR count). The molecule has 0 spiro atoms. The molecule has 0 aliphatic rings. The first-order chi connectivity index (χ1) is 5.10. The van der Waals surface area contributed by atoms with E-state index in [1.807, 2.05) is 0 Å². The predicted octanol–water partition coefficient (Wildman–Crippen LogP) is 4.11. The molecule has 0 fully saturated rings. The van der Waals surface area contributed by atoms with Gasteiger partial charge in [0.25, 0.3) is 4.58 Å². The smallest absolute Gasteiger partial charge is 0.215 e. The average Bonchev–Trinajstić information content (AvgIpc) is 1.83. The van der Waals surface area contributed by atoms with E-state index in [1.54, 1.807) is 0 Å². The van der Waals surface area contributed by atoms with Crippen LogP contribution in [0.2, 0.25) is 0 Å². The van der Waals surface area contributed by atoms with Crippen molar-refractivity contribution >= 4 is 31.9 Å². The molecule has 0 N–H and O–H groups in total. The maximum Gasteiger partial charge on any atom is 0.351 e. The van der Waals surface area contributed by atoms with Gasteiger partial charge in [-0.2, -0.15) is 17.6 Å². The second kappa shape index (κ2) is 3.57. The van der Waals surface area contributed by atoms with Crippen LogP contribution < -0.4 is 0 Å². The van der Waals surface area contributed by atoms with E-state index in [0.717, 1.165) is 0 Å². The Balaban J connectivity index is 5.01. The lowest BCUT2D eigenvalue weighted by Gasteiger charge is -2.20. The Labute approximate surface area is 79.9 Å². The topological polar surface area (TPSA) is 0 Å². The first-order valence-corrected chi connectivity index (χ1v) is 3.85. The van der Waals surface area contributed by atoms with E-state index in [4.69, 9.17) is 0 Å². The van der Waals surface area contributed by atoms with Crippen molar-refractivity contribution in [1.82, 2.24) is 0 Å². The molecule has 1 unspecified atom stereocenters. The van der Waals surface area contributed by atoms with Crippen LogP contribution in [0.25, 0.3) is 0 Å². The lowest BCUT2D eigenvalue weighted by atomic mass is 10.3. The maximum atomic E-state index is 12.4. The van der Waals surface area contributed by atoms with Gasteiger partial charge in [0.05, 0.1) is 0 Å². The fourth-order valence-corrected chi connectivity index (χ4v) is 0.567. The highest BCUT2D eigenvalue weighted by molar-refractivity contribution is 9.12. The molecular weight excluding hydrogens is 322 g/mol. The van der Waals surface area contributed by atoms with Gasteiger partial charge in [-0.3, -0.25) is 0 Å². The summed E-state index contributed by atoms with van der Waals surface area (Å²) in [5, 5.41) is 0. The molecule has 0 heterocycles. The minimum Gasteiger partial charge on any atom is -0.215 e. The lowest BCUT2D eigenvalue weighted by Crippen LogP contribution is -2.34. The fourth-order valence-electron chi connectivity index (χ4n) is 0.243. The van der Waals surface area contributed by atoms with Gasteiger partial charge in [-0.25, -0.2) is 8.78 Å². The molecule has 0 saturated carbocycles. The van der Waals surface area contributed by atoms with Crippen LogP contribution in [0.1, 0.15) is 0 Å². The predicted molar refractivity (Wildman–Crippen MR) is 37.0 cm³/mol. The third-order valence-electron chi connectivity index (χ3n) is 0.798. The molecule has 0 aliphatic heterocycles. The molecular formula is C4Br2F6. The van der Waals surface area contributed by atoms with E-state index in [9.17, 15) is 26.3 Å². The van der Waals surface area contributed by atoms with Gasteiger partial charge in [-0.1, -0.05) is 0 Å². The van der Waals surface area contributed by atoms with Gasteiger partial charge in [0.1, 0.15) is 0 Å². The van der Waals surface area contributed by atoms with Crippen LogP contribution in [-0.4, -0.2) is 9.41 Å². The van der Waals surface area contributed by atoms with Crippen LogP contribution in [-0.2, 0) is 0 Å². The fraction of sp³-hybridized carbons (Fsp3) is 0.500.